The van der Waals surface area contributed by atoms with Crippen molar-refractivity contribution in [3.05, 3.63) is 29.3 Å². The number of hydrogen-bond donors (Lipinski definition) is 1. The van der Waals surface area contributed by atoms with Gasteiger partial charge in [-0.1, -0.05) is 17.7 Å². The number of likely N-dealkylation sites (N-methyl/N-ethyl adjacent to an activating group) is 1. The number of amides is 3. The molecule has 126 valence electrons. The van der Waals surface area contributed by atoms with Crippen LogP contribution in [0.4, 0.5) is 23.7 Å². The quantitative estimate of drug-likeness (QED) is 0.912. The van der Waals surface area contributed by atoms with E-state index in [-0.39, 0.29) is 13.0 Å². The fourth-order valence-corrected chi connectivity index (χ4v) is 2.56. The molecule has 1 aromatic carbocycles. The van der Waals surface area contributed by atoms with Gasteiger partial charge in [-0.25, -0.2) is 4.79 Å². The van der Waals surface area contributed by atoms with Gasteiger partial charge < -0.3 is 15.1 Å². The van der Waals surface area contributed by atoms with Crippen LogP contribution in [0.25, 0.3) is 0 Å². The number of nitrogens with one attached hydrogen (secondary N) is 1. The second kappa shape index (κ2) is 6.66. The molecule has 9 heteroatoms. The molecule has 1 heterocycles. The fraction of sp³-hybridized carbons (Fsp3) is 0.429. The number of carbonyl (C=O) groups is 2. The summed E-state index contributed by atoms with van der Waals surface area (Å²) in [6, 6.07) is 4.93. The van der Waals surface area contributed by atoms with Gasteiger partial charge in [-0.3, -0.25) is 4.79 Å². The first-order chi connectivity index (χ1) is 10.7. The number of alkyl halides is 3. The van der Waals surface area contributed by atoms with Crippen LogP contribution in [0.2, 0.25) is 5.02 Å². The molecule has 1 aliphatic heterocycles. The Morgan fingerprint density at radius 3 is 2.78 bits per heavy atom. The topological polar surface area (TPSA) is 52.7 Å². The first-order valence-electron chi connectivity index (χ1n) is 6.82. The summed E-state index contributed by atoms with van der Waals surface area (Å²) in [6.45, 7) is -1.33. The van der Waals surface area contributed by atoms with E-state index in [1.54, 1.807) is 18.2 Å². The number of rotatable bonds is 3. The number of halogens is 4. The molecule has 0 spiro atoms. The van der Waals surface area contributed by atoms with E-state index in [2.05, 4.69) is 5.32 Å². The van der Waals surface area contributed by atoms with E-state index in [4.69, 9.17) is 11.6 Å². The van der Waals surface area contributed by atoms with Gasteiger partial charge in [-0.2, -0.15) is 13.2 Å². The summed E-state index contributed by atoms with van der Waals surface area (Å²) in [5, 5.41) is 2.98. The third-order valence-electron chi connectivity index (χ3n) is 3.50. The molecule has 23 heavy (non-hydrogen) atoms. The van der Waals surface area contributed by atoms with E-state index in [1.165, 1.54) is 13.1 Å². The van der Waals surface area contributed by atoms with Gasteiger partial charge in [0.2, 0.25) is 5.91 Å². The zero-order valence-electron chi connectivity index (χ0n) is 12.2. The number of nitrogens with zero attached hydrogens (tertiary/aromatic N) is 2. The van der Waals surface area contributed by atoms with Crippen LogP contribution in [-0.2, 0) is 4.79 Å². The van der Waals surface area contributed by atoms with Crippen molar-refractivity contribution in [1.29, 1.82) is 0 Å². The fourth-order valence-electron chi connectivity index (χ4n) is 2.37. The van der Waals surface area contributed by atoms with E-state index in [9.17, 15) is 22.8 Å². The number of hydrogen-bond acceptors (Lipinski definition) is 2. The van der Waals surface area contributed by atoms with Gasteiger partial charge in [0, 0.05) is 24.3 Å². The first-order valence-corrected chi connectivity index (χ1v) is 7.20. The predicted molar refractivity (Wildman–Crippen MR) is 79.3 cm³/mol. The Labute approximate surface area is 136 Å². The molecule has 2 rings (SSSR count). The second-order valence-electron chi connectivity index (χ2n) is 5.23. The first kappa shape index (κ1) is 17.4. The van der Waals surface area contributed by atoms with Gasteiger partial charge in [-0.05, 0) is 24.6 Å². The summed E-state index contributed by atoms with van der Waals surface area (Å²) < 4.78 is 37.2. The summed E-state index contributed by atoms with van der Waals surface area (Å²) in [4.78, 5) is 26.0. The number of benzene rings is 1. The lowest BCUT2D eigenvalue weighted by Crippen LogP contribution is -2.46. The van der Waals surface area contributed by atoms with Crippen molar-refractivity contribution in [2.75, 3.05) is 25.5 Å². The van der Waals surface area contributed by atoms with Crippen LogP contribution in [0.3, 0.4) is 0 Å². The van der Waals surface area contributed by atoms with Gasteiger partial charge in [-0.15, -0.1) is 0 Å². The molecule has 0 bridgehead atoms. The van der Waals surface area contributed by atoms with Crippen LogP contribution in [0.5, 0.6) is 0 Å². The zero-order valence-corrected chi connectivity index (χ0v) is 13.0. The van der Waals surface area contributed by atoms with Crippen molar-refractivity contribution in [3.63, 3.8) is 0 Å². The molecule has 1 fully saturated rings. The Morgan fingerprint density at radius 2 is 2.17 bits per heavy atom. The highest BCUT2D eigenvalue weighted by atomic mass is 35.5. The molecule has 0 unspecified atom stereocenters. The number of anilines is 1. The van der Waals surface area contributed by atoms with Crippen molar-refractivity contribution in [2.24, 2.45) is 0 Å². The average molecular weight is 350 g/mol. The maximum atomic E-state index is 12.4. The van der Waals surface area contributed by atoms with Crippen LogP contribution in [-0.4, -0.2) is 54.1 Å². The van der Waals surface area contributed by atoms with Crippen LogP contribution in [0.15, 0.2) is 24.3 Å². The van der Waals surface area contributed by atoms with Crippen LogP contribution in [0.1, 0.15) is 6.42 Å². The highest BCUT2D eigenvalue weighted by Gasteiger charge is 2.41. The molecule has 0 radical (unpaired) electrons. The summed E-state index contributed by atoms with van der Waals surface area (Å²) in [6.07, 6.45) is -4.29. The Morgan fingerprint density at radius 1 is 1.48 bits per heavy atom. The lowest BCUT2D eigenvalue weighted by molar-refractivity contribution is -0.158. The SMILES string of the molecule is CN(C(=O)Nc1cccc(Cl)c1)[C@@H]1CCN(CC(F)(F)F)C1=O. The molecule has 3 amide bonds. The maximum Gasteiger partial charge on any atom is 0.406 e. The standard InChI is InChI=1S/C14H15ClF3N3O2/c1-20(13(23)19-10-4-2-3-9(15)7-10)11-5-6-21(12(11)22)8-14(16,17)18/h2-4,7,11H,5-6,8H2,1H3,(H,19,23)/t11-/m1/s1. The second-order valence-corrected chi connectivity index (χ2v) is 5.67. The normalized spacial score (nSPS) is 18.2. The van der Waals surface area contributed by atoms with E-state index in [0.29, 0.717) is 15.6 Å². The van der Waals surface area contributed by atoms with Crippen molar-refractivity contribution >= 4 is 29.2 Å². The van der Waals surface area contributed by atoms with Gasteiger partial charge in [0.25, 0.3) is 0 Å². The lowest BCUT2D eigenvalue weighted by atomic mass is 10.2. The van der Waals surface area contributed by atoms with E-state index in [1.807, 2.05) is 0 Å². The van der Waals surface area contributed by atoms with Gasteiger partial charge in [0.05, 0.1) is 0 Å². The molecular formula is C14H15ClF3N3O2. The van der Waals surface area contributed by atoms with E-state index in [0.717, 1.165) is 4.90 Å². The smallest absolute Gasteiger partial charge is 0.332 e. The van der Waals surface area contributed by atoms with Crippen molar-refractivity contribution < 1.29 is 22.8 Å². The Kier molecular flexibility index (Phi) is 5.03. The van der Waals surface area contributed by atoms with Crippen molar-refractivity contribution in [1.82, 2.24) is 9.80 Å². The summed E-state index contributed by atoms with van der Waals surface area (Å²) in [5.74, 6) is -0.703. The van der Waals surface area contributed by atoms with Crippen LogP contribution in [0, 0.1) is 0 Å². The van der Waals surface area contributed by atoms with Gasteiger partial charge in [0.1, 0.15) is 12.6 Å². The Bertz CT molecular complexity index is 609. The Hall–Kier alpha value is -1.96. The molecule has 1 atom stereocenters. The molecule has 0 aliphatic carbocycles. The zero-order chi connectivity index (χ0) is 17.2. The molecule has 1 saturated heterocycles. The molecule has 1 N–H and O–H groups in total. The Balaban J connectivity index is 1.99. The van der Waals surface area contributed by atoms with Crippen molar-refractivity contribution in [2.45, 2.75) is 18.6 Å². The minimum atomic E-state index is -4.45. The van der Waals surface area contributed by atoms with E-state index < -0.39 is 30.7 Å². The van der Waals surface area contributed by atoms with Gasteiger partial charge in [0.15, 0.2) is 0 Å². The number of carbonyl (C=O) groups excluding carboxylic acids is 2. The highest BCUT2D eigenvalue weighted by Crippen LogP contribution is 2.23. The number of likely N-dealkylation sites (tertiary alicyclic amines) is 1. The maximum absolute atomic E-state index is 12.4. The summed E-state index contributed by atoms with van der Waals surface area (Å²) >= 11 is 5.81. The van der Waals surface area contributed by atoms with Crippen LogP contribution >= 0.6 is 11.6 Å². The summed E-state index contributed by atoms with van der Waals surface area (Å²) in [7, 11) is 1.37. The molecular weight excluding hydrogens is 335 g/mol. The molecule has 1 aromatic rings. The molecule has 5 nitrogen and oxygen atoms in total. The molecule has 1 aliphatic rings. The summed E-state index contributed by atoms with van der Waals surface area (Å²) in [5.41, 5.74) is 0.437. The average Bonchev–Trinajstić information content (AvgIpc) is 2.77. The van der Waals surface area contributed by atoms with E-state index >= 15 is 0 Å². The minimum Gasteiger partial charge on any atom is -0.332 e. The highest BCUT2D eigenvalue weighted by molar-refractivity contribution is 6.30. The van der Waals surface area contributed by atoms with Crippen LogP contribution < -0.4 is 5.32 Å². The monoisotopic (exact) mass is 349 g/mol. The minimum absolute atomic E-state index is 0.0300. The van der Waals surface area contributed by atoms with Crippen molar-refractivity contribution in [3.8, 4) is 0 Å². The third-order valence-corrected chi connectivity index (χ3v) is 3.74. The largest absolute Gasteiger partial charge is 0.406 e. The molecule has 0 saturated carbocycles. The third kappa shape index (κ3) is 4.51. The number of urea groups is 1. The lowest BCUT2D eigenvalue weighted by Gasteiger charge is -2.24. The predicted octanol–water partition coefficient (Wildman–Crippen LogP) is 2.97. The van der Waals surface area contributed by atoms with Gasteiger partial charge >= 0.3 is 12.2 Å². The molecule has 0 aromatic heterocycles.